The van der Waals surface area contributed by atoms with E-state index in [1.807, 2.05) is 17.0 Å². The molecule has 0 radical (unpaired) electrons. The maximum absolute atomic E-state index is 13.7. The molecule has 2 aromatic rings. The number of amides is 2. The fourth-order valence-corrected chi connectivity index (χ4v) is 6.21. The van der Waals surface area contributed by atoms with Gasteiger partial charge in [0, 0.05) is 56.5 Å². The van der Waals surface area contributed by atoms with E-state index >= 15 is 0 Å². The maximum Gasteiger partial charge on any atom is 0.318 e. The largest absolute Gasteiger partial charge is 0.367 e. The van der Waals surface area contributed by atoms with Gasteiger partial charge in [0.25, 0.3) is 0 Å². The molecule has 1 N–H and O–H groups in total. The van der Waals surface area contributed by atoms with E-state index in [0.717, 1.165) is 51.3 Å². The standard InChI is InChI=1S/C27H35FN4O/c1-19-11-24(9-10-25(19)28)31-14-20(2)32(21(3)15-31)26(33)29-23-12-27(13-23)17-30(18-27)16-22-7-5-4-6-8-22/h4-11,20-21,23H,12-18H2,1-3H3,(H,29,33)/t20-,21+. The number of carbonyl (C=O) groups excluding carboxylic acids is 1. The molecule has 6 heteroatoms. The Morgan fingerprint density at radius 1 is 1.06 bits per heavy atom. The number of aryl methyl sites for hydroxylation is 1. The van der Waals surface area contributed by atoms with Crippen LogP contribution in [0.4, 0.5) is 14.9 Å². The molecule has 33 heavy (non-hydrogen) atoms. The molecule has 1 saturated carbocycles. The summed E-state index contributed by atoms with van der Waals surface area (Å²) >= 11 is 0. The van der Waals surface area contributed by atoms with Gasteiger partial charge in [0.05, 0.1) is 0 Å². The predicted octanol–water partition coefficient (Wildman–Crippen LogP) is 4.41. The number of hydrogen-bond acceptors (Lipinski definition) is 3. The lowest BCUT2D eigenvalue weighted by Gasteiger charge is -2.59. The van der Waals surface area contributed by atoms with Crippen LogP contribution in [-0.4, -0.2) is 60.1 Å². The van der Waals surface area contributed by atoms with Crippen molar-refractivity contribution in [3.63, 3.8) is 0 Å². The van der Waals surface area contributed by atoms with Crippen molar-refractivity contribution in [2.24, 2.45) is 5.41 Å². The van der Waals surface area contributed by atoms with Crippen molar-refractivity contribution < 1.29 is 9.18 Å². The molecule has 0 aromatic heterocycles. The smallest absolute Gasteiger partial charge is 0.318 e. The highest BCUT2D eigenvalue weighted by Gasteiger charge is 2.52. The van der Waals surface area contributed by atoms with Gasteiger partial charge in [-0.25, -0.2) is 9.18 Å². The molecular weight excluding hydrogens is 415 g/mol. The SMILES string of the molecule is Cc1cc(N2C[C@@H](C)N(C(=O)NC3CC4(C3)CN(Cc3ccccc3)C4)[C@@H](C)C2)ccc1F. The molecule has 1 aliphatic carbocycles. The van der Waals surface area contributed by atoms with Crippen molar-refractivity contribution in [3.8, 4) is 0 Å². The summed E-state index contributed by atoms with van der Waals surface area (Å²) in [7, 11) is 0. The molecule has 2 aromatic carbocycles. The second kappa shape index (κ2) is 8.64. The monoisotopic (exact) mass is 450 g/mol. The Hall–Kier alpha value is -2.60. The van der Waals surface area contributed by atoms with Gasteiger partial charge in [-0.15, -0.1) is 0 Å². The van der Waals surface area contributed by atoms with Crippen LogP contribution in [0, 0.1) is 18.2 Å². The molecule has 176 valence electrons. The highest BCUT2D eigenvalue weighted by molar-refractivity contribution is 5.76. The number of nitrogens with zero attached hydrogens (tertiary/aromatic N) is 3. The topological polar surface area (TPSA) is 38.8 Å². The summed E-state index contributed by atoms with van der Waals surface area (Å²) in [6, 6.07) is 16.4. The number of urea groups is 1. The van der Waals surface area contributed by atoms with Gasteiger partial charge in [0.1, 0.15) is 5.82 Å². The first-order valence-corrected chi connectivity index (χ1v) is 12.2. The first kappa shape index (κ1) is 22.2. The molecule has 0 unspecified atom stereocenters. The molecular formula is C27H35FN4O. The van der Waals surface area contributed by atoms with E-state index in [1.54, 1.807) is 6.92 Å². The summed E-state index contributed by atoms with van der Waals surface area (Å²) in [6.45, 7) is 10.8. The highest BCUT2D eigenvalue weighted by atomic mass is 19.1. The van der Waals surface area contributed by atoms with Crippen molar-refractivity contribution in [1.82, 2.24) is 15.1 Å². The van der Waals surface area contributed by atoms with E-state index in [9.17, 15) is 9.18 Å². The Kier molecular flexibility index (Phi) is 5.81. The highest BCUT2D eigenvalue weighted by Crippen LogP contribution is 2.48. The molecule has 5 nitrogen and oxygen atoms in total. The van der Waals surface area contributed by atoms with E-state index in [0.29, 0.717) is 11.0 Å². The maximum atomic E-state index is 13.7. The van der Waals surface area contributed by atoms with Crippen LogP contribution in [0.5, 0.6) is 0 Å². The number of carbonyl (C=O) groups is 1. The Bertz CT molecular complexity index is 986. The fraction of sp³-hybridized carbons (Fsp3) is 0.519. The number of benzene rings is 2. The van der Waals surface area contributed by atoms with Crippen LogP contribution in [0.1, 0.15) is 37.8 Å². The summed E-state index contributed by atoms with van der Waals surface area (Å²) < 4.78 is 13.7. The minimum absolute atomic E-state index is 0.0604. The van der Waals surface area contributed by atoms with E-state index in [2.05, 4.69) is 59.3 Å². The van der Waals surface area contributed by atoms with E-state index in [4.69, 9.17) is 0 Å². The average Bonchev–Trinajstić information content (AvgIpc) is 2.73. The zero-order chi connectivity index (χ0) is 23.2. The Morgan fingerprint density at radius 2 is 1.73 bits per heavy atom. The van der Waals surface area contributed by atoms with Gasteiger partial charge in [-0.05, 0) is 68.4 Å². The number of likely N-dealkylation sites (tertiary alicyclic amines) is 1. The summed E-state index contributed by atoms with van der Waals surface area (Å²) in [5.74, 6) is -0.175. The number of nitrogens with one attached hydrogen (secondary N) is 1. The molecule has 0 bridgehead atoms. The molecule has 2 amide bonds. The number of hydrogen-bond donors (Lipinski definition) is 1. The number of halogens is 1. The number of anilines is 1. The van der Waals surface area contributed by atoms with Gasteiger partial charge in [0.15, 0.2) is 0 Å². The lowest BCUT2D eigenvalue weighted by molar-refractivity contribution is -0.0812. The third-order valence-electron chi connectivity index (χ3n) is 7.71. The van der Waals surface area contributed by atoms with Crippen LogP contribution in [0.15, 0.2) is 48.5 Å². The Labute approximate surface area is 196 Å². The minimum atomic E-state index is -0.175. The first-order valence-electron chi connectivity index (χ1n) is 12.2. The fourth-order valence-electron chi connectivity index (χ4n) is 6.21. The molecule has 2 aliphatic heterocycles. The third-order valence-corrected chi connectivity index (χ3v) is 7.71. The summed E-state index contributed by atoms with van der Waals surface area (Å²) in [4.78, 5) is 19.9. The molecule has 2 heterocycles. The summed E-state index contributed by atoms with van der Waals surface area (Å²) in [6.07, 6.45) is 2.17. The second-order valence-corrected chi connectivity index (χ2v) is 10.6. The lowest BCUT2D eigenvalue weighted by atomic mass is 9.60. The van der Waals surface area contributed by atoms with Gasteiger partial charge >= 0.3 is 6.03 Å². The zero-order valence-electron chi connectivity index (χ0n) is 19.9. The lowest BCUT2D eigenvalue weighted by Crippen LogP contribution is -2.68. The normalized spacial score (nSPS) is 25.0. The van der Waals surface area contributed by atoms with E-state index in [1.165, 1.54) is 11.6 Å². The second-order valence-electron chi connectivity index (χ2n) is 10.6. The number of piperazine rings is 1. The third kappa shape index (κ3) is 4.45. The van der Waals surface area contributed by atoms with Crippen molar-refractivity contribution in [2.45, 2.75) is 58.3 Å². The van der Waals surface area contributed by atoms with Crippen LogP contribution in [-0.2, 0) is 6.54 Å². The Balaban J connectivity index is 1.10. The van der Waals surface area contributed by atoms with Gasteiger partial charge in [-0.3, -0.25) is 4.90 Å². The molecule has 1 spiro atoms. The van der Waals surface area contributed by atoms with Crippen molar-refractivity contribution in [2.75, 3.05) is 31.1 Å². The van der Waals surface area contributed by atoms with Crippen LogP contribution in [0.3, 0.4) is 0 Å². The van der Waals surface area contributed by atoms with E-state index in [-0.39, 0.29) is 30.0 Å². The molecule has 5 rings (SSSR count). The quantitative estimate of drug-likeness (QED) is 0.750. The Morgan fingerprint density at radius 3 is 2.36 bits per heavy atom. The van der Waals surface area contributed by atoms with Gasteiger partial charge in [-0.2, -0.15) is 0 Å². The van der Waals surface area contributed by atoms with Gasteiger partial charge in [-0.1, -0.05) is 30.3 Å². The van der Waals surface area contributed by atoms with Crippen molar-refractivity contribution in [3.05, 3.63) is 65.5 Å². The molecule has 3 aliphatic rings. The molecule has 2 saturated heterocycles. The molecule has 2 atom stereocenters. The number of rotatable bonds is 4. The zero-order valence-corrected chi connectivity index (χ0v) is 19.9. The predicted molar refractivity (Wildman–Crippen MR) is 130 cm³/mol. The minimum Gasteiger partial charge on any atom is -0.367 e. The van der Waals surface area contributed by atoms with Gasteiger partial charge in [0.2, 0.25) is 0 Å². The van der Waals surface area contributed by atoms with E-state index < -0.39 is 0 Å². The van der Waals surface area contributed by atoms with Crippen LogP contribution in [0.2, 0.25) is 0 Å². The van der Waals surface area contributed by atoms with Crippen LogP contribution < -0.4 is 10.2 Å². The first-order chi connectivity index (χ1) is 15.8. The summed E-state index contributed by atoms with van der Waals surface area (Å²) in [5.41, 5.74) is 3.46. The molecule has 3 fully saturated rings. The average molecular weight is 451 g/mol. The van der Waals surface area contributed by atoms with Crippen LogP contribution in [0.25, 0.3) is 0 Å². The van der Waals surface area contributed by atoms with Gasteiger partial charge < -0.3 is 15.1 Å². The van der Waals surface area contributed by atoms with Crippen molar-refractivity contribution >= 4 is 11.7 Å². The van der Waals surface area contributed by atoms with Crippen LogP contribution >= 0.6 is 0 Å². The van der Waals surface area contributed by atoms with Crippen molar-refractivity contribution in [1.29, 1.82) is 0 Å². The summed E-state index contributed by atoms with van der Waals surface area (Å²) in [5, 5.41) is 3.31.